The quantitative estimate of drug-likeness (QED) is 0.816. The van der Waals surface area contributed by atoms with Crippen LogP contribution in [0.3, 0.4) is 0 Å². The van der Waals surface area contributed by atoms with Crippen LogP contribution in [-0.4, -0.2) is 18.3 Å². The van der Waals surface area contributed by atoms with Crippen LogP contribution in [0, 0.1) is 22.6 Å². The average molecular weight is 250 g/mol. The molecule has 18 heavy (non-hydrogen) atoms. The van der Waals surface area contributed by atoms with E-state index in [1.54, 1.807) is 12.1 Å². The van der Waals surface area contributed by atoms with E-state index in [0.717, 1.165) is 12.8 Å². The van der Waals surface area contributed by atoms with E-state index in [1.807, 2.05) is 19.9 Å². The number of nitriles is 1. The highest BCUT2D eigenvalue weighted by molar-refractivity contribution is 5.48. The monoisotopic (exact) mass is 250 g/mol. The van der Waals surface area contributed by atoms with Crippen molar-refractivity contribution in [3.63, 3.8) is 0 Å². The largest absolute Gasteiger partial charge is 0.396 e. The SMILES string of the molecule is CCC(CC)(CO)CNc1ccc(C#N)cc1F. The van der Waals surface area contributed by atoms with Crippen molar-refractivity contribution in [2.45, 2.75) is 26.7 Å². The molecular weight excluding hydrogens is 231 g/mol. The van der Waals surface area contributed by atoms with E-state index in [2.05, 4.69) is 5.32 Å². The van der Waals surface area contributed by atoms with Crippen LogP contribution in [0.15, 0.2) is 18.2 Å². The number of rotatable bonds is 6. The number of benzene rings is 1. The van der Waals surface area contributed by atoms with Crippen LogP contribution < -0.4 is 5.32 Å². The minimum absolute atomic E-state index is 0.0743. The third kappa shape index (κ3) is 3.21. The molecule has 0 aliphatic rings. The summed E-state index contributed by atoms with van der Waals surface area (Å²) in [5.74, 6) is -0.437. The van der Waals surface area contributed by atoms with Crippen molar-refractivity contribution >= 4 is 5.69 Å². The van der Waals surface area contributed by atoms with Crippen molar-refractivity contribution in [2.24, 2.45) is 5.41 Å². The molecule has 0 amide bonds. The average Bonchev–Trinajstić information content (AvgIpc) is 2.42. The van der Waals surface area contributed by atoms with E-state index < -0.39 is 5.82 Å². The summed E-state index contributed by atoms with van der Waals surface area (Å²) in [4.78, 5) is 0. The standard InChI is InChI=1S/C14H19FN2O/c1-3-14(4-2,10-18)9-17-13-6-5-11(8-16)7-12(13)15/h5-7,17-18H,3-4,9-10H2,1-2H3. The number of aliphatic hydroxyl groups is 1. The van der Waals surface area contributed by atoms with Crippen LogP contribution in [0.4, 0.5) is 10.1 Å². The summed E-state index contributed by atoms with van der Waals surface area (Å²) in [6.07, 6.45) is 1.65. The first-order valence-electron chi connectivity index (χ1n) is 6.15. The second kappa shape index (κ2) is 6.36. The lowest BCUT2D eigenvalue weighted by Crippen LogP contribution is -2.32. The van der Waals surface area contributed by atoms with E-state index in [9.17, 15) is 9.50 Å². The number of nitrogens with zero attached hydrogens (tertiary/aromatic N) is 1. The number of hydrogen-bond acceptors (Lipinski definition) is 3. The minimum Gasteiger partial charge on any atom is -0.396 e. The molecule has 1 aromatic carbocycles. The Kier molecular flexibility index (Phi) is 5.11. The Balaban J connectivity index is 2.77. The van der Waals surface area contributed by atoms with E-state index in [1.165, 1.54) is 6.07 Å². The molecule has 3 nitrogen and oxygen atoms in total. The molecular formula is C14H19FN2O. The molecule has 0 fully saturated rings. The predicted molar refractivity (Wildman–Crippen MR) is 69.7 cm³/mol. The van der Waals surface area contributed by atoms with Gasteiger partial charge in [0.15, 0.2) is 0 Å². The lowest BCUT2D eigenvalue weighted by atomic mass is 9.83. The van der Waals surface area contributed by atoms with Gasteiger partial charge in [0.05, 0.1) is 23.9 Å². The molecule has 0 heterocycles. The maximum atomic E-state index is 13.6. The first kappa shape index (κ1) is 14.5. The van der Waals surface area contributed by atoms with E-state index >= 15 is 0 Å². The van der Waals surface area contributed by atoms with Crippen molar-refractivity contribution < 1.29 is 9.50 Å². The second-order valence-electron chi connectivity index (χ2n) is 4.53. The molecule has 0 aliphatic carbocycles. The van der Waals surface area contributed by atoms with E-state index in [0.29, 0.717) is 17.8 Å². The van der Waals surface area contributed by atoms with Crippen LogP contribution in [0.5, 0.6) is 0 Å². The summed E-state index contributed by atoms with van der Waals surface area (Å²) in [7, 11) is 0. The molecule has 0 saturated carbocycles. The van der Waals surface area contributed by atoms with Gasteiger partial charge in [-0.1, -0.05) is 13.8 Å². The number of anilines is 1. The van der Waals surface area contributed by atoms with Gasteiger partial charge in [-0.2, -0.15) is 5.26 Å². The van der Waals surface area contributed by atoms with Gasteiger partial charge >= 0.3 is 0 Å². The molecule has 98 valence electrons. The molecule has 0 spiro atoms. The zero-order chi connectivity index (χ0) is 13.6. The molecule has 1 aromatic rings. The maximum absolute atomic E-state index is 13.6. The molecule has 0 aliphatic heterocycles. The summed E-state index contributed by atoms with van der Waals surface area (Å²) < 4.78 is 13.6. The Labute approximate surface area is 107 Å². The number of nitrogens with one attached hydrogen (secondary N) is 1. The normalized spacial score (nSPS) is 11.1. The molecule has 0 saturated heterocycles. The molecule has 0 aromatic heterocycles. The van der Waals surface area contributed by atoms with Crippen molar-refractivity contribution in [2.75, 3.05) is 18.5 Å². The number of aliphatic hydroxyl groups excluding tert-OH is 1. The van der Waals surface area contributed by atoms with Gasteiger partial charge in [0.2, 0.25) is 0 Å². The Morgan fingerprint density at radius 3 is 2.50 bits per heavy atom. The van der Waals surface area contributed by atoms with Gasteiger partial charge in [0.25, 0.3) is 0 Å². The first-order valence-corrected chi connectivity index (χ1v) is 6.15. The van der Waals surface area contributed by atoms with Crippen LogP contribution in [-0.2, 0) is 0 Å². The third-order valence-electron chi connectivity index (χ3n) is 3.59. The van der Waals surface area contributed by atoms with Crippen molar-refractivity contribution in [3.05, 3.63) is 29.6 Å². The fraction of sp³-hybridized carbons (Fsp3) is 0.500. The maximum Gasteiger partial charge on any atom is 0.147 e. The molecule has 1 rings (SSSR count). The Bertz CT molecular complexity index is 428. The number of hydrogen-bond donors (Lipinski definition) is 2. The van der Waals surface area contributed by atoms with Gasteiger partial charge in [-0.25, -0.2) is 4.39 Å². The lowest BCUT2D eigenvalue weighted by Gasteiger charge is -2.30. The van der Waals surface area contributed by atoms with Gasteiger partial charge in [0.1, 0.15) is 5.82 Å². The molecule has 0 bridgehead atoms. The predicted octanol–water partition coefficient (Wildman–Crippen LogP) is 2.91. The number of halogens is 1. The molecule has 2 N–H and O–H groups in total. The minimum atomic E-state index is -0.437. The van der Waals surface area contributed by atoms with Gasteiger partial charge in [-0.05, 0) is 31.0 Å². The molecule has 0 radical (unpaired) electrons. The highest BCUT2D eigenvalue weighted by Gasteiger charge is 2.25. The highest BCUT2D eigenvalue weighted by atomic mass is 19.1. The topological polar surface area (TPSA) is 56.0 Å². The van der Waals surface area contributed by atoms with E-state index in [4.69, 9.17) is 5.26 Å². The lowest BCUT2D eigenvalue weighted by molar-refractivity contribution is 0.127. The third-order valence-corrected chi connectivity index (χ3v) is 3.59. The Morgan fingerprint density at radius 2 is 2.06 bits per heavy atom. The van der Waals surface area contributed by atoms with Gasteiger partial charge in [0, 0.05) is 12.0 Å². The zero-order valence-electron chi connectivity index (χ0n) is 10.8. The van der Waals surface area contributed by atoms with E-state index in [-0.39, 0.29) is 12.0 Å². The summed E-state index contributed by atoms with van der Waals surface area (Å²) in [5, 5.41) is 21.1. The molecule has 0 unspecified atom stereocenters. The molecule has 4 heteroatoms. The zero-order valence-corrected chi connectivity index (χ0v) is 10.8. The van der Waals surface area contributed by atoms with Crippen LogP contribution in [0.25, 0.3) is 0 Å². The Hall–Kier alpha value is -1.60. The van der Waals surface area contributed by atoms with Gasteiger partial charge < -0.3 is 10.4 Å². The van der Waals surface area contributed by atoms with Crippen molar-refractivity contribution in [1.82, 2.24) is 0 Å². The van der Waals surface area contributed by atoms with Crippen LogP contribution in [0.1, 0.15) is 32.3 Å². The van der Waals surface area contributed by atoms with Crippen molar-refractivity contribution in [1.29, 1.82) is 5.26 Å². The van der Waals surface area contributed by atoms with Crippen LogP contribution in [0.2, 0.25) is 0 Å². The fourth-order valence-corrected chi connectivity index (χ4v) is 1.79. The smallest absolute Gasteiger partial charge is 0.147 e. The molecule has 0 atom stereocenters. The summed E-state index contributed by atoms with van der Waals surface area (Å²) in [6, 6.07) is 6.23. The second-order valence-corrected chi connectivity index (χ2v) is 4.53. The summed E-state index contributed by atoms with van der Waals surface area (Å²) >= 11 is 0. The summed E-state index contributed by atoms with van der Waals surface area (Å²) in [6.45, 7) is 4.61. The Morgan fingerprint density at radius 1 is 1.39 bits per heavy atom. The van der Waals surface area contributed by atoms with Crippen molar-refractivity contribution in [3.8, 4) is 6.07 Å². The fourth-order valence-electron chi connectivity index (χ4n) is 1.79. The summed E-state index contributed by atoms with van der Waals surface area (Å²) in [5.41, 5.74) is 0.451. The first-order chi connectivity index (χ1) is 8.60. The van der Waals surface area contributed by atoms with Gasteiger partial charge in [-0.3, -0.25) is 0 Å². The highest BCUT2D eigenvalue weighted by Crippen LogP contribution is 2.27. The van der Waals surface area contributed by atoms with Gasteiger partial charge in [-0.15, -0.1) is 0 Å². The van der Waals surface area contributed by atoms with Crippen LogP contribution >= 0.6 is 0 Å².